The number of anilines is 1. The topological polar surface area (TPSA) is 94.1 Å². The van der Waals surface area contributed by atoms with Crippen LogP contribution >= 0.6 is 0 Å². The van der Waals surface area contributed by atoms with Crippen LogP contribution < -0.4 is 14.8 Å². The molecule has 0 aliphatic rings. The Kier molecular flexibility index (Phi) is 5.02. The number of methoxy groups -OCH3 is 2. The third kappa shape index (κ3) is 4.55. The van der Waals surface area contributed by atoms with Crippen LogP contribution in [0.15, 0.2) is 12.1 Å². The number of hydrogen-bond donors (Lipinski definition) is 2. The van der Waals surface area contributed by atoms with E-state index in [1.54, 1.807) is 20.8 Å². The number of carboxylic acids is 1. The van der Waals surface area contributed by atoms with Crippen LogP contribution in [0.3, 0.4) is 0 Å². The van der Waals surface area contributed by atoms with Gasteiger partial charge in [0.05, 0.1) is 19.8 Å². The molecule has 0 spiro atoms. The molecule has 0 aromatic heterocycles. The lowest BCUT2D eigenvalue weighted by Gasteiger charge is -2.21. The Hall–Kier alpha value is -2.44. The maximum atomic E-state index is 11.8. The molecule has 7 heteroatoms. The molecule has 1 aromatic rings. The molecule has 0 radical (unpaired) electrons. The second kappa shape index (κ2) is 6.34. The van der Waals surface area contributed by atoms with Gasteiger partial charge in [-0.3, -0.25) is 5.32 Å². The average molecular weight is 297 g/mol. The molecular formula is C14H19NO6. The highest BCUT2D eigenvalue weighted by molar-refractivity contribution is 6.01. The van der Waals surface area contributed by atoms with E-state index in [1.165, 1.54) is 26.4 Å². The first-order valence-electron chi connectivity index (χ1n) is 6.17. The Balaban J connectivity index is 3.20. The second-order valence-corrected chi connectivity index (χ2v) is 5.18. The van der Waals surface area contributed by atoms with Crippen molar-refractivity contribution >= 4 is 17.7 Å². The van der Waals surface area contributed by atoms with Crippen LogP contribution in [0.4, 0.5) is 10.5 Å². The molecule has 21 heavy (non-hydrogen) atoms. The number of hydrogen-bond acceptors (Lipinski definition) is 5. The van der Waals surface area contributed by atoms with Gasteiger partial charge in [-0.25, -0.2) is 9.59 Å². The fourth-order valence-corrected chi connectivity index (χ4v) is 1.57. The maximum Gasteiger partial charge on any atom is 0.412 e. The zero-order valence-electron chi connectivity index (χ0n) is 12.6. The van der Waals surface area contributed by atoms with Gasteiger partial charge in [-0.15, -0.1) is 0 Å². The molecule has 1 amide bonds. The van der Waals surface area contributed by atoms with Gasteiger partial charge in [-0.1, -0.05) is 0 Å². The number of rotatable bonds is 4. The molecule has 0 fully saturated rings. The monoisotopic (exact) mass is 297 g/mol. The predicted octanol–water partition coefficient (Wildman–Crippen LogP) is 2.75. The summed E-state index contributed by atoms with van der Waals surface area (Å²) in [7, 11) is 2.77. The Labute approximate surface area is 122 Å². The van der Waals surface area contributed by atoms with Gasteiger partial charge in [0.25, 0.3) is 0 Å². The molecule has 2 N–H and O–H groups in total. The number of nitrogens with one attached hydrogen (secondary N) is 1. The van der Waals surface area contributed by atoms with E-state index in [0.29, 0.717) is 5.75 Å². The van der Waals surface area contributed by atoms with Gasteiger partial charge in [-0.2, -0.15) is 0 Å². The Morgan fingerprint density at radius 3 is 2.19 bits per heavy atom. The van der Waals surface area contributed by atoms with Crippen LogP contribution in [-0.2, 0) is 4.74 Å². The molecule has 116 valence electrons. The van der Waals surface area contributed by atoms with E-state index in [2.05, 4.69) is 5.32 Å². The normalized spacial score (nSPS) is 10.7. The van der Waals surface area contributed by atoms with Crippen LogP contribution in [0.1, 0.15) is 31.1 Å². The summed E-state index contributed by atoms with van der Waals surface area (Å²) in [4.78, 5) is 23.1. The molecule has 0 saturated heterocycles. The van der Waals surface area contributed by atoms with Crippen LogP contribution in [0.2, 0.25) is 0 Å². The van der Waals surface area contributed by atoms with E-state index in [9.17, 15) is 14.7 Å². The molecule has 0 atom stereocenters. The summed E-state index contributed by atoms with van der Waals surface area (Å²) in [5.41, 5.74) is -0.843. The van der Waals surface area contributed by atoms with Gasteiger partial charge in [0, 0.05) is 6.07 Å². The Morgan fingerprint density at radius 2 is 1.76 bits per heavy atom. The molecule has 0 bridgehead atoms. The first kappa shape index (κ1) is 16.6. The highest BCUT2D eigenvalue weighted by Gasteiger charge is 2.22. The van der Waals surface area contributed by atoms with E-state index >= 15 is 0 Å². The zero-order valence-corrected chi connectivity index (χ0v) is 12.6. The molecule has 0 aliphatic carbocycles. The van der Waals surface area contributed by atoms with E-state index in [4.69, 9.17) is 14.2 Å². The third-order valence-corrected chi connectivity index (χ3v) is 2.39. The van der Waals surface area contributed by atoms with Crippen molar-refractivity contribution in [2.75, 3.05) is 19.5 Å². The minimum atomic E-state index is -1.22. The van der Waals surface area contributed by atoms with Crippen LogP contribution in [0, 0.1) is 0 Å². The van der Waals surface area contributed by atoms with Gasteiger partial charge in [0.15, 0.2) is 0 Å². The van der Waals surface area contributed by atoms with Crippen molar-refractivity contribution in [3.8, 4) is 11.5 Å². The number of carbonyl (C=O) groups excluding carboxylic acids is 1. The average Bonchev–Trinajstić information content (AvgIpc) is 2.36. The molecule has 0 aliphatic heterocycles. The zero-order chi connectivity index (χ0) is 16.2. The largest absolute Gasteiger partial charge is 0.497 e. The summed E-state index contributed by atoms with van der Waals surface area (Å²) in [5.74, 6) is -0.755. The van der Waals surface area contributed by atoms with E-state index < -0.39 is 17.7 Å². The van der Waals surface area contributed by atoms with E-state index in [-0.39, 0.29) is 17.0 Å². The van der Waals surface area contributed by atoms with Gasteiger partial charge in [-0.05, 0) is 26.8 Å². The number of ether oxygens (including phenoxy) is 3. The standard InChI is InChI=1S/C14H19NO6/c1-14(2,3)21-13(18)15-11-9(12(16)17)6-8(19-4)7-10(11)20-5/h6-7H,1-5H3,(H,15,18)(H,16,17). The molecular weight excluding hydrogens is 278 g/mol. The van der Waals surface area contributed by atoms with Crippen molar-refractivity contribution in [1.82, 2.24) is 0 Å². The van der Waals surface area contributed by atoms with Crippen molar-refractivity contribution in [1.29, 1.82) is 0 Å². The van der Waals surface area contributed by atoms with Crippen molar-refractivity contribution in [2.24, 2.45) is 0 Å². The highest BCUT2D eigenvalue weighted by atomic mass is 16.6. The molecule has 0 saturated carbocycles. The third-order valence-electron chi connectivity index (χ3n) is 2.39. The van der Waals surface area contributed by atoms with Gasteiger partial charge in [0.1, 0.15) is 22.8 Å². The smallest absolute Gasteiger partial charge is 0.412 e. The Morgan fingerprint density at radius 1 is 1.14 bits per heavy atom. The molecule has 1 rings (SSSR count). The van der Waals surface area contributed by atoms with Crippen molar-refractivity contribution in [3.63, 3.8) is 0 Å². The fraction of sp³-hybridized carbons (Fsp3) is 0.429. The minimum absolute atomic E-state index is 0.0139. The number of benzene rings is 1. The van der Waals surface area contributed by atoms with Gasteiger partial charge < -0.3 is 19.3 Å². The number of carboxylic acid groups (broad SMARTS) is 1. The van der Waals surface area contributed by atoms with Crippen molar-refractivity contribution < 1.29 is 28.9 Å². The quantitative estimate of drug-likeness (QED) is 0.887. The van der Waals surface area contributed by atoms with E-state index in [0.717, 1.165) is 0 Å². The van der Waals surface area contributed by atoms with Gasteiger partial charge >= 0.3 is 12.1 Å². The lowest BCUT2D eigenvalue weighted by atomic mass is 10.1. The van der Waals surface area contributed by atoms with Crippen LogP contribution in [0.5, 0.6) is 11.5 Å². The highest BCUT2D eigenvalue weighted by Crippen LogP contribution is 2.34. The SMILES string of the molecule is COc1cc(OC)c(NC(=O)OC(C)(C)C)c(C(=O)O)c1. The summed E-state index contributed by atoms with van der Waals surface area (Å²) in [6, 6.07) is 2.76. The minimum Gasteiger partial charge on any atom is -0.497 e. The van der Waals surface area contributed by atoms with Crippen molar-refractivity contribution in [3.05, 3.63) is 17.7 Å². The number of amides is 1. The summed E-state index contributed by atoms with van der Waals surface area (Å²) < 4.78 is 15.2. The summed E-state index contributed by atoms with van der Waals surface area (Å²) >= 11 is 0. The predicted molar refractivity (Wildman–Crippen MR) is 76.4 cm³/mol. The number of carbonyl (C=O) groups is 2. The maximum absolute atomic E-state index is 11.8. The van der Waals surface area contributed by atoms with Crippen LogP contribution in [0.25, 0.3) is 0 Å². The fourth-order valence-electron chi connectivity index (χ4n) is 1.57. The summed E-state index contributed by atoms with van der Waals surface area (Å²) in [5, 5.41) is 11.6. The molecule has 1 aromatic carbocycles. The summed E-state index contributed by atoms with van der Waals surface area (Å²) in [6.45, 7) is 5.11. The molecule has 0 unspecified atom stereocenters. The lowest BCUT2D eigenvalue weighted by Crippen LogP contribution is -2.28. The van der Waals surface area contributed by atoms with Gasteiger partial charge in [0.2, 0.25) is 0 Å². The lowest BCUT2D eigenvalue weighted by molar-refractivity contribution is 0.0635. The Bertz CT molecular complexity index is 547. The number of aromatic carboxylic acids is 1. The first-order chi connectivity index (χ1) is 9.67. The van der Waals surface area contributed by atoms with Crippen LogP contribution in [-0.4, -0.2) is 37.0 Å². The first-order valence-corrected chi connectivity index (χ1v) is 6.17. The second-order valence-electron chi connectivity index (χ2n) is 5.18. The van der Waals surface area contributed by atoms with Crippen molar-refractivity contribution in [2.45, 2.75) is 26.4 Å². The molecule has 7 nitrogen and oxygen atoms in total. The molecule has 0 heterocycles. The summed E-state index contributed by atoms with van der Waals surface area (Å²) in [6.07, 6.45) is -0.770. The van der Waals surface area contributed by atoms with E-state index in [1.807, 2.05) is 0 Å².